The van der Waals surface area contributed by atoms with Crippen molar-refractivity contribution in [2.24, 2.45) is 4.99 Å². The molecule has 6 nitrogen and oxygen atoms in total. The van der Waals surface area contributed by atoms with Gasteiger partial charge < -0.3 is 9.84 Å². The van der Waals surface area contributed by atoms with Crippen LogP contribution in [0.4, 0.5) is 0 Å². The lowest BCUT2D eigenvalue weighted by Crippen LogP contribution is -2.39. The molecule has 1 N–H and O–H groups in total. The van der Waals surface area contributed by atoms with Crippen LogP contribution in [0.15, 0.2) is 84.3 Å². The summed E-state index contributed by atoms with van der Waals surface area (Å²) in [6.45, 7) is 1.95. The molecule has 1 aliphatic heterocycles. The number of phenols is 1. The zero-order valence-electron chi connectivity index (χ0n) is 18.8. The molecule has 2 aromatic carbocycles. The molecule has 10 heteroatoms. The number of benzene rings is 2. The van der Waals surface area contributed by atoms with E-state index in [1.54, 1.807) is 29.7 Å². The van der Waals surface area contributed by atoms with E-state index in [4.69, 9.17) is 9.73 Å². The maximum atomic E-state index is 13.8. The Morgan fingerprint density at radius 1 is 1.19 bits per heavy atom. The van der Waals surface area contributed by atoms with Crippen LogP contribution in [0.5, 0.6) is 5.75 Å². The van der Waals surface area contributed by atoms with Gasteiger partial charge in [-0.2, -0.15) is 0 Å². The second-order valence-electron chi connectivity index (χ2n) is 7.77. The Morgan fingerprint density at radius 2 is 1.97 bits per heavy atom. The summed E-state index contributed by atoms with van der Waals surface area (Å²) in [5.41, 5.74) is 1.72. The number of thiophene rings is 1. The molecule has 5 rings (SSSR count). The van der Waals surface area contributed by atoms with E-state index in [-0.39, 0.29) is 17.9 Å². The van der Waals surface area contributed by atoms with Gasteiger partial charge in [0.1, 0.15) is 11.8 Å². The smallest absolute Gasteiger partial charge is 0.338 e. The Labute approximate surface area is 230 Å². The second-order valence-corrected chi connectivity index (χ2v) is 11.5. The number of carbonyl (C=O) groups excluding carboxylic acids is 1. The number of ether oxygens (including phenoxy) is 1. The van der Waals surface area contributed by atoms with E-state index in [1.165, 1.54) is 22.7 Å². The van der Waals surface area contributed by atoms with Crippen molar-refractivity contribution in [2.45, 2.75) is 13.0 Å². The fourth-order valence-corrected chi connectivity index (χ4v) is 7.07. The number of aromatic hydroxyl groups is 1. The van der Waals surface area contributed by atoms with E-state index in [1.807, 2.05) is 47.8 Å². The topological polar surface area (TPSA) is 80.9 Å². The Hall–Kier alpha value is -2.79. The average molecular weight is 646 g/mol. The first-order valence-electron chi connectivity index (χ1n) is 10.9. The molecular weight excluding hydrogens is 628 g/mol. The van der Waals surface area contributed by atoms with Crippen LogP contribution in [0.1, 0.15) is 29.0 Å². The van der Waals surface area contributed by atoms with Crippen molar-refractivity contribution in [3.8, 4) is 5.75 Å². The minimum absolute atomic E-state index is 0.0241. The van der Waals surface area contributed by atoms with Gasteiger partial charge in [0.2, 0.25) is 0 Å². The van der Waals surface area contributed by atoms with Crippen molar-refractivity contribution < 1.29 is 14.6 Å². The fraction of sp³-hybridized carbons (Fsp3) is 0.115. The number of fused-ring (bicyclic) bond motifs is 1. The molecule has 3 heterocycles. The van der Waals surface area contributed by atoms with Gasteiger partial charge in [0.25, 0.3) is 5.56 Å². The number of hydrogen-bond acceptors (Lipinski definition) is 7. The molecule has 4 aromatic rings. The number of thiazole rings is 1. The molecule has 0 fully saturated rings. The van der Waals surface area contributed by atoms with Crippen molar-refractivity contribution in [2.75, 3.05) is 6.61 Å². The molecule has 0 aliphatic carbocycles. The molecule has 1 aliphatic rings. The lowest BCUT2D eigenvalue weighted by molar-refractivity contribution is -0.138. The van der Waals surface area contributed by atoms with Crippen LogP contribution < -0.4 is 14.9 Å². The highest BCUT2D eigenvalue weighted by Gasteiger charge is 2.35. The summed E-state index contributed by atoms with van der Waals surface area (Å²) >= 11 is 9.43. The highest BCUT2D eigenvalue weighted by Crippen LogP contribution is 2.37. The van der Waals surface area contributed by atoms with Crippen LogP contribution in [0, 0.1) is 0 Å². The molecule has 2 aromatic heterocycles. The minimum Gasteiger partial charge on any atom is -0.506 e. The van der Waals surface area contributed by atoms with Gasteiger partial charge in [-0.1, -0.05) is 63.7 Å². The first kappa shape index (κ1) is 24.9. The van der Waals surface area contributed by atoms with E-state index < -0.39 is 12.0 Å². The summed E-state index contributed by atoms with van der Waals surface area (Å²) in [5.74, 6) is -0.489. The Morgan fingerprint density at radius 3 is 2.67 bits per heavy atom. The number of halogens is 2. The number of carbonyl (C=O) groups is 1. The van der Waals surface area contributed by atoms with Crippen LogP contribution in [0.25, 0.3) is 11.8 Å². The number of phenolic OH excluding ortho intramolecular Hbond substituents is 1. The van der Waals surface area contributed by atoms with E-state index in [0.29, 0.717) is 30.6 Å². The van der Waals surface area contributed by atoms with E-state index >= 15 is 0 Å². The summed E-state index contributed by atoms with van der Waals surface area (Å²) in [5, 5.41) is 12.5. The summed E-state index contributed by atoms with van der Waals surface area (Å²) in [4.78, 5) is 33.2. The van der Waals surface area contributed by atoms with Crippen LogP contribution >= 0.6 is 54.5 Å². The van der Waals surface area contributed by atoms with E-state index in [9.17, 15) is 14.7 Å². The highest BCUT2D eigenvalue weighted by atomic mass is 79.9. The maximum absolute atomic E-state index is 13.8. The number of hydrogen-bond donors (Lipinski definition) is 1. The van der Waals surface area contributed by atoms with Crippen molar-refractivity contribution >= 4 is 72.3 Å². The molecule has 1 atom stereocenters. The van der Waals surface area contributed by atoms with Gasteiger partial charge in [-0.15, -0.1) is 11.3 Å². The lowest BCUT2D eigenvalue weighted by Gasteiger charge is -2.24. The Bertz CT molecular complexity index is 1670. The molecule has 0 saturated heterocycles. The molecule has 0 saturated carbocycles. The Balaban J connectivity index is 1.83. The molecule has 0 spiro atoms. The number of nitrogens with zero attached hydrogens (tertiary/aromatic N) is 2. The van der Waals surface area contributed by atoms with Crippen molar-refractivity contribution in [3.05, 3.63) is 110 Å². The summed E-state index contributed by atoms with van der Waals surface area (Å²) in [6.07, 6.45) is 1.64. The third-order valence-electron chi connectivity index (χ3n) is 5.53. The second kappa shape index (κ2) is 10.3. The Kier molecular flexibility index (Phi) is 7.11. The van der Waals surface area contributed by atoms with E-state index in [0.717, 1.165) is 14.9 Å². The van der Waals surface area contributed by atoms with Gasteiger partial charge >= 0.3 is 5.97 Å². The van der Waals surface area contributed by atoms with Crippen LogP contribution in [-0.2, 0) is 9.53 Å². The summed E-state index contributed by atoms with van der Waals surface area (Å²) in [6, 6.07) is 16.0. The standard InChI is InChI=1S/C26H18Br2N2O4S2/c1-2-34-25(33)20-21(14-7-4-3-5-8-14)29-26-30(22(20)18-9-6-10-35-18)24(32)19(36-26)12-15-11-16(27)13-17(28)23(15)31/h3-13,22,31H,2H2,1H3/b19-12-. The monoisotopic (exact) mass is 644 g/mol. The number of aromatic nitrogens is 1. The van der Waals surface area contributed by atoms with Crippen LogP contribution in [0.3, 0.4) is 0 Å². The molecule has 36 heavy (non-hydrogen) atoms. The summed E-state index contributed by atoms with van der Waals surface area (Å²) < 4.78 is 8.63. The van der Waals surface area contributed by atoms with Crippen LogP contribution in [0.2, 0.25) is 0 Å². The molecule has 1 unspecified atom stereocenters. The van der Waals surface area contributed by atoms with Gasteiger partial charge in [-0.25, -0.2) is 9.79 Å². The fourth-order valence-electron chi connectivity index (χ4n) is 3.99. The zero-order chi connectivity index (χ0) is 25.4. The minimum atomic E-state index is -0.694. The van der Waals surface area contributed by atoms with Gasteiger partial charge in [0.15, 0.2) is 4.80 Å². The first-order valence-corrected chi connectivity index (χ1v) is 14.2. The maximum Gasteiger partial charge on any atom is 0.338 e. The molecule has 0 amide bonds. The van der Waals surface area contributed by atoms with E-state index in [2.05, 4.69) is 31.9 Å². The average Bonchev–Trinajstić information content (AvgIpc) is 3.50. The SMILES string of the molecule is CCOC(=O)C1=C(c2ccccc2)N=c2s/c(=C\c3cc(Br)cc(Br)c3O)c(=O)n2C1c1cccs1. The van der Waals surface area contributed by atoms with Gasteiger partial charge in [-0.3, -0.25) is 9.36 Å². The lowest BCUT2D eigenvalue weighted by atomic mass is 9.97. The van der Waals surface area contributed by atoms with Crippen molar-refractivity contribution in [1.82, 2.24) is 4.57 Å². The van der Waals surface area contributed by atoms with Crippen molar-refractivity contribution in [3.63, 3.8) is 0 Å². The first-order chi connectivity index (χ1) is 17.4. The normalized spacial score (nSPS) is 15.5. The van der Waals surface area contributed by atoms with Gasteiger partial charge in [0, 0.05) is 20.5 Å². The number of esters is 1. The third-order valence-corrected chi connectivity index (χ3v) is 8.50. The summed E-state index contributed by atoms with van der Waals surface area (Å²) in [7, 11) is 0. The van der Waals surface area contributed by atoms with Crippen LogP contribution in [-0.4, -0.2) is 22.2 Å². The highest BCUT2D eigenvalue weighted by molar-refractivity contribution is 9.11. The van der Waals surface area contributed by atoms with Crippen molar-refractivity contribution in [1.29, 1.82) is 0 Å². The molecule has 0 radical (unpaired) electrons. The zero-order valence-corrected chi connectivity index (χ0v) is 23.6. The molecule has 0 bridgehead atoms. The molecular formula is C26H18Br2N2O4S2. The molecule has 182 valence electrons. The van der Waals surface area contributed by atoms with Gasteiger partial charge in [0.05, 0.1) is 26.9 Å². The predicted molar refractivity (Wildman–Crippen MR) is 149 cm³/mol. The van der Waals surface area contributed by atoms with Gasteiger partial charge in [-0.05, 0) is 52.5 Å². The quantitative estimate of drug-likeness (QED) is 0.302. The predicted octanol–water partition coefficient (Wildman–Crippen LogP) is 5.23. The third kappa shape index (κ3) is 4.54. The largest absolute Gasteiger partial charge is 0.506 e. The number of rotatable bonds is 5.